The fourth-order valence-corrected chi connectivity index (χ4v) is 2.25. The fourth-order valence-electron chi connectivity index (χ4n) is 1.58. The van der Waals surface area contributed by atoms with Crippen molar-refractivity contribution in [1.29, 1.82) is 0 Å². The van der Waals surface area contributed by atoms with E-state index in [4.69, 9.17) is 9.47 Å². The van der Waals surface area contributed by atoms with Crippen molar-refractivity contribution in [3.63, 3.8) is 0 Å². The molecule has 0 aliphatic rings. The van der Waals surface area contributed by atoms with E-state index in [9.17, 15) is 0 Å². The second kappa shape index (κ2) is 8.64. The lowest BCUT2D eigenvalue weighted by Crippen LogP contribution is -2.30. The number of nitrogens with one attached hydrogen (secondary N) is 1. The summed E-state index contributed by atoms with van der Waals surface area (Å²) in [4.78, 5) is 1.36. The normalized spacial score (nSPS) is 14.8. The SMILES string of the molecule is CCOCC(C)OC(C)CNCc1cccs1. The van der Waals surface area contributed by atoms with Gasteiger partial charge in [-0.15, -0.1) is 11.3 Å². The zero-order valence-electron chi connectivity index (χ0n) is 10.9. The summed E-state index contributed by atoms with van der Waals surface area (Å²) in [5.41, 5.74) is 0. The molecule has 0 aliphatic heterocycles. The van der Waals surface area contributed by atoms with E-state index in [1.54, 1.807) is 11.3 Å². The highest BCUT2D eigenvalue weighted by atomic mass is 32.1. The van der Waals surface area contributed by atoms with Gasteiger partial charge in [0.2, 0.25) is 0 Å². The minimum Gasteiger partial charge on any atom is -0.379 e. The highest BCUT2D eigenvalue weighted by Gasteiger charge is 2.08. The van der Waals surface area contributed by atoms with Crippen LogP contribution in [-0.2, 0) is 16.0 Å². The molecule has 0 aliphatic carbocycles. The Labute approximate surface area is 108 Å². The molecule has 0 fully saturated rings. The van der Waals surface area contributed by atoms with Gasteiger partial charge in [0.15, 0.2) is 0 Å². The molecule has 17 heavy (non-hydrogen) atoms. The van der Waals surface area contributed by atoms with E-state index in [1.807, 2.05) is 13.8 Å². The lowest BCUT2D eigenvalue weighted by molar-refractivity contribution is -0.0384. The first-order valence-corrected chi connectivity index (χ1v) is 7.06. The van der Waals surface area contributed by atoms with Crippen molar-refractivity contribution >= 4 is 11.3 Å². The molecule has 2 unspecified atom stereocenters. The van der Waals surface area contributed by atoms with Gasteiger partial charge >= 0.3 is 0 Å². The minimum absolute atomic E-state index is 0.161. The summed E-state index contributed by atoms with van der Waals surface area (Å²) in [5, 5.41) is 5.49. The lowest BCUT2D eigenvalue weighted by Gasteiger charge is -2.19. The summed E-state index contributed by atoms with van der Waals surface area (Å²) in [6, 6.07) is 4.21. The molecule has 1 aromatic heterocycles. The van der Waals surface area contributed by atoms with Crippen molar-refractivity contribution in [2.75, 3.05) is 19.8 Å². The first kappa shape index (κ1) is 14.6. The van der Waals surface area contributed by atoms with E-state index < -0.39 is 0 Å². The van der Waals surface area contributed by atoms with Crippen molar-refractivity contribution in [2.45, 2.75) is 39.5 Å². The average molecular weight is 257 g/mol. The van der Waals surface area contributed by atoms with Crippen LogP contribution in [0.4, 0.5) is 0 Å². The fraction of sp³-hybridized carbons (Fsp3) is 0.692. The monoisotopic (exact) mass is 257 g/mol. The highest BCUT2D eigenvalue weighted by Crippen LogP contribution is 2.07. The molecule has 1 rings (SSSR count). The number of rotatable bonds is 9. The number of ether oxygens (including phenoxy) is 2. The van der Waals surface area contributed by atoms with Crippen LogP contribution >= 0.6 is 11.3 Å². The van der Waals surface area contributed by atoms with E-state index in [0.29, 0.717) is 6.61 Å². The maximum absolute atomic E-state index is 5.79. The summed E-state index contributed by atoms with van der Waals surface area (Å²) >= 11 is 1.78. The molecule has 2 atom stereocenters. The second-order valence-corrected chi connectivity index (χ2v) is 5.16. The Hall–Kier alpha value is -0.420. The van der Waals surface area contributed by atoms with Gasteiger partial charge in [-0.2, -0.15) is 0 Å². The summed E-state index contributed by atoms with van der Waals surface area (Å²) < 4.78 is 11.1. The summed E-state index contributed by atoms with van der Waals surface area (Å²) in [7, 11) is 0. The molecule has 0 spiro atoms. The van der Waals surface area contributed by atoms with Crippen molar-refractivity contribution in [2.24, 2.45) is 0 Å². The molecule has 98 valence electrons. The van der Waals surface area contributed by atoms with Gasteiger partial charge in [-0.25, -0.2) is 0 Å². The van der Waals surface area contributed by atoms with E-state index >= 15 is 0 Å². The highest BCUT2D eigenvalue weighted by molar-refractivity contribution is 7.09. The second-order valence-electron chi connectivity index (χ2n) is 4.13. The Kier molecular flexibility index (Phi) is 7.44. The zero-order chi connectivity index (χ0) is 12.5. The van der Waals surface area contributed by atoms with Crippen LogP contribution in [0.25, 0.3) is 0 Å². The molecule has 0 saturated heterocycles. The Bertz CT molecular complexity index is 277. The van der Waals surface area contributed by atoms with Gasteiger partial charge in [0.1, 0.15) is 0 Å². The molecule has 3 nitrogen and oxygen atoms in total. The van der Waals surface area contributed by atoms with Crippen LogP contribution in [0.1, 0.15) is 25.6 Å². The molecular weight excluding hydrogens is 234 g/mol. The molecule has 1 N–H and O–H groups in total. The molecule has 1 aromatic rings. The number of hydrogen-bond donors (Lipinski definition) is 1. The van der Waals surface area contributed by atoms with Crippen LogP contribution in [0.3, 0.4) is 0 Å². The van der Waals surface area contributed by atoms with Crippen LogP contribution in [0.2, 0.25) is 0 Å². The van der Waals surface area contributed by atoms with Gasteiger partial charge in [-0.05, 0) is 32.2 Å². The van der Waals surface area contributed by atoms with Crippen molar-refractivity contribution < 1.29 is 9.47 Å². The first-order chi connectivity index (χ1) is 8.22. The molecule has 4 heteroatoms. The van der Waals surface area contributed by atoms with Gasteiger partial charge < -0.3 is 14.8 Å². The molecule has 0 bridgehead atoms. The van der Waals surface area contributed by atoms with Crippen LogP contribution in [0.15, 0.2) is 17.5 Å². The Morgan fingerprint density at radius 3 is 2.82 bits per heavy atom. The number of thiophene rings is 1. The Balaban J connectivity index is 2.06. The minimum atomic E-state index is 0.161. The Morgan fingerprint density at radius 1 is 1.35 bits per heavy atom. The summed E-state index contributed by atoms with van der Waals surface area (Å²) in [5.74, 6) is 0. The first-order valence-electron chi connectivity index (χ1n) is 6.18. The molecular formula is C13H23NO2S. The van der Waals surface area contributed by atoms with Gasteiger partial charge in [-0.1, -0.05) is 6.07 Å². The number of hydrogen-bond acceptors (Lipinski definition) is 4. The molecule has 0 aromatic carbocycles. The summed E-state index contributed by atoms with van der Waals surface area (Å²) in [6.07, 6.45) is 0.374. The van der Waals surface area contributed by atoms with Gasteiger partial charge in [0.25, 0.3) is 0 Å². The lowest BCUT2D eigenvalue weighted by atomic mass is 10.3. The predicted octanol–water partition coefficient (Wildman–Crippen LogP) is 2.67. The third-order valence-corrected chi connectivity index (χ3v) is 3.21. The van der Waals surface area contributed by atoms with E-state index in [2.05, 4.69) is 29.8 Å². The summed E-state index contributed by atoms with van der Waals surface area (Å²) in [6.45, 7) is 9.35. The maximum Gasteiger partial charge on any atom is 0.0784 e. The molecule has 0 amide bonds. The van der Waals surface area contributed by atoms with Gasteiger partial charge in [0, 0.05) is 24.6 Å². The third kappa shape index (κ3) is 6.78. The standard InChI is InChI=1S/C13H23NO2S/c1-4-15-10-12(3)16-11(2)8-14-9-13-6-5-7-17-13/h5-7,11-12,14H,4,8-10H2,1-3H3. The van der Waals surface area contributed by atoms with E-state index in [1.165, 1.54) is 4.88 Å². The van der Waals surface area contributed by atoms with Gasteiger partial charge in [0.05, 0.1) is 18.8 Å². The predicted molar refractivity (Wildman–Crippen MR) is 72.5 cm³/mol. The van der Waals surface area contributed by atoms with Crippen molar-refractivity contribution in [3.05, 3.63) is 22.4 Å². The molecule has 0 saturated carbocycles. The van der Waals surface area contributed by atoms with Crippen molar-refractivity contribution in [3.8, 4) is 0 Å². The largest absolute Gasteiger partial charge is 0.379 e. The smallest absolute Gasteiger partial charge is 0.0784 e. The zero-order valence-corrected chi connectivity index (χ0v) is 11.8. The van der Waals surface area contributed by atoms with Crippen molar-refractivity contribution in [1.82, 2.24) is 5.32 Å². The molecule has 0 radical (unpaired) electrons. The quantitative estimate of drug-likeness (QED) is 0.738. The Morgan fingerprint density at radius 2 is 2.18 bits per heavy atom. The average Bonchev–Trinajstić information content (AvgIpc) is 2.79. The van der Waals surface area contributed by atoms with Gasteiger partial charge in [-0.3, -0.25) is 0 Å². The van der Waals surface area contributed by atoms with Crippen LogP contribution < -0.4 is 5.32 Å². The van der Waals surface area contributed by atoms with E-state index in [-0.39, 0.29) is 12.2 Å². The topological polar surface area (TPSA) is 30.5 Å². The maximum atomic E-state index is 5.79. The molecule has 1 heterocycles. The van der Waals surface area contributed by atoms with Crippen LogP contribution in [0, 0.1) is 0 Å². The van der Waals surface area contributed by atoms with Crippen LogP contribution in [0.5, 0.6) is 0 Å². The van der Waals surface area contributed by atoms with E-state index in [0.717, 1.165) is 19.7 Å². The third-order valence-electron chi connectivity index (χ3n) is 2.33. The van der Waals surface area contributed by atoms with Crippen LogP contribution in [-0.4, -0.2) is 32.0 Å².